The van der Waals surface area contributed by atoms with Crippen LogP contribution in [0, 0.1) is 24.1 Å². The number of aliphatic carboxylic acids is 1. The minimum Gasteiger partial charge on any atom is -0.489 e. The third-order valence-corrected chi connectivity index (χ3v) is 4.92. The van der Waals surface area contributed by atoms with Gasteiger partial charge in [-0.2, -0.15) is 5.26 Å². The standard InChI is InChI=1S/C24H18FNO6/c1-14-4-2-3-5-17(14)23(24(27)28)32-21-10-16(9-19(25)18(21)11-26)29-12-15-6-7-20-22(8-15)31-13-30-20/h2-10,23H,12-13H2,1H3,(H,27,28)/t23-/m0/s1. The number of rotatable bonds is 7. The van der Waals surface area contributed by atoms with Crippen molar-refractivity contribution in [3.05, 3.63) is 82.7 Å². The number of nitriles is 1. The van der Waals surface area contributed by atoms with Crippen LogP contribution in [-0.4, -0.2) is 17.9 Å². The van der Waals surface area contributed by atoms with Crippen LogP contribution in [0.25, 0.3) is 0 Å². The Morgan fingerprint density at radius 3 is 2.72 bits per heavy atom. The summed E-state index contributed by atoms with van der Waals surface area (Å²) in [4.78, 5) is 11.9. The van der Waals surface area contributed by atoms with Crippen LogP contribution in [0.2, 0.25) is 0 Å². The zero-order valence-corrected chi connectivity index (χ0v) is 17.0. The van der Waals surface area contributed by atoms with E-state index in [9.17, 15) is 19.6 Å². The molecule has 0 saturated carbocycles. The van der Waals surface area contributed by atoms with Gasteiger partial charge in [0, 0.05) is 17.7 Å². The van der Waals surface area contributed by atoms with E-state index in [1.165, 1.54) is 6.07 Å². The van der Waals surface area contributed by atoms with Gasteiger partial charge >= 0.3 is 5.97 Å². The highest BCUT2D eigenvalue weighted by atomic mass is 19.1. The number of hydrogen-bond donors (Lipinski definition) is 1. The predicted molar refractivity (Wildman–Crippen MR) is 110 cm³/mol. The van der Waals surface area contributed by atoms with Crippen LogP contribution in [0.4, 0.5) is 4.39 Å². The quantitative estimate of drug-likeness (QED) is 0.583. The number of carbonyl (C=O) groups is 1. The van der Waals surface area contributed by atoms with E-state index in [2.05, 4.69) is 0 Å². The summed E-state index contributed by atoms with van der Waals surface area (Å²) in [6.45, 7) is 1.97. The van der Waals surface area contributed by atoms with Gasteiger partial charge in [-0.3, -0.25) is 0 Å². The number of benzene rings is 3. The lowest BCUT2D eigenvalue weighted by Gasteiger charge is -2.19. The highest BCUT2D eigenvalue weighted by Gasteiger charge is 2.26. The van der Waals surface area contributed by atoms with Gasteiger partial charge in [-0.25, -0.2) is 9.18 Å². The first-order valence-corrected chi connectivity index (χ1v) is 9.66. The van der Waals surface area contributed by atoms with E-state index in [-0.39, 0.29) is 24.9 Å². The molecule has 0 aliphatic carbocycles. The van der Waals surface area contributed by atoms with E-state index in [1.807, 2.05) is 0 Å². The van der Waals surface area contributed by atoms with Crippen molar-refractivity contribution in [1.82, 2.24) is 0 Å². The van der Waals surface area contributed by atoms with E-state index < -0.39 is 23.5 Å². The maximum atomic E-state index is 14.6. The zero-order valence-electron chi connectivity index (χ0n) is 17.0. The van der Waals surface area contributed by atoms with Crippen LogP contribution < -0.4 is 18.9 Å². The molecule has 0 saturated heterocycles. The maximum absolute atomic E-state index is 14.6. The summed E-state index contributed by atoms with van der Waals surface area (Å²) in [5.41, 5.74) is 1.44. The second-order valence-electron chi connectivity index (χ2n) is 7.06. The average Bonchev–Trinajstić information content (AvgIpc) is 3.24. The largest absolute Gasteiger partial charge is 0.489 e. The molecule has 0 radical (unpaired) electrons. The first-order chi connectivity index (χ1) is 15.5. The number of halogens is 1. The highest BCUT2D eigenvalue weighted by molar-refractivity contribution is 5.75. The Morgan fingerprint density at radius 2 is 1.97 bits per heavy atom. The predicted octanol–water partition coefficient (Wildman–Crippen LogP) is 4.52. The van der Waals surface area contributed by atoms with Gasteiger partial charge in [0.2, 0.25) is 12.9 Å². The normalized spacial score (nSPS) is 12.7. The van der Waals surface area contributed by atoms with Gasteiger partial charge in [0.15, 0.2) is 11.5 Å². The van der Waals surface area contributed by atoms with Crippen LogP contribution in [0.1, 0.15) is 28.4 Å². The molecule has 1 heterocycles. The fourth-order valence-electron chi connectivity index (χ4n) is 3.29. The molecular weight excluding hydrogens is 417 g/mol. The molecule has 4 rings (SSSR count). The first-order valence-electron chi connectivity index (χ1n) is 9.66. The van der Waals surface area contributed by atoms with Crippen molar-refractivity contribution < 1.29 is 33.2 Å². The molecular formula is C24H18FNO6. The lowest BCUT2D eigenvalue weighted by Crippen LogP contribution is -2.20. The lowest BCUT2D eigenvalue weighted by molar-refractivity contribution is -0.145. The van der Waals surface area contributed by atoms with Gasteiger partial charge in [0.25, 0.3) is 0 Å². The Hall–Kier alpha value is -4.25. The minimum atomic E-state index is -1.42. The van der Waals surface area contributed by atoms with Crippen molar-refractivity contribution in [2.45, 2.75) is 19.6 Å². The molecule has 0 aromatic heterocycles. The van der Waals surface area contributed by atoms with Crippen molar-refractivity contribution in [2.75, 3.05) is 6.79 Å². The summed E-state index contributed by atoms with van der Waals surface area (Å²) in [5, 5.41) is 19.1. The van der Waals surface area contributed by atoms with Gasteiger partial charge in [0.1, 0.15) is 35.6 Å². The van der Waals surface area contributed by atoms with Crippen LogP contribution >= 0.6 is 0 Å². The molecule has 0 amide bonds. The maximum Gasteiger partial charge on any atom is 0.349 e. The number of aryl methyl sites for hydroxylation is 1. The molecule has 0 spiro atoms. The Kier molecular flexibility index (Phi) is 5.81. The van der Waals surface area contributed by atoms with Gasteiger partial charge < -0.3 is 24.1 Å². The minimum absolute atomic E-state index is 0.0849. The fourth-order valence-corrected chi connectivity index (χ4v) is 3.29. The smallest absolute Gasteiger partial charge is 0.349 e. The number of nitrogens with zero attached hydrogens (tertiary/aromatic N) is 1. The molecule has 1 aliphatic rings. The summed E-state index contributed by atoms with van der Waals surface area (Å²) in [7, 11) is 0. The Morgan fingerprint density at radius 1 is 1.19 bits per heavy atom. The monoisotopic (exact) mass is 435 g/mol. The molecule has 7 nitrogen and oxygen atoms in total. The number of carboxylic acid groups (broad SMARTS) is 1. The third-order valence-electron chi connectivity index (χ3n) is 4.92. The van der Waals surface area contributed by atoms with Crippen molar-refractivity contribution in [1.29, 1.82) is 5.26 Å². The highest BCUT2D eigenvalue weighted by Crippen LogP contribution is 2.34. The fraction of sp³-hybridized carbons (Fsp3) is 0.167. The molecule has 1 N–H and O–H groups in total. The molecule has 0 bridgehead atoms. The topological polar surface area (TPSA) is 98.0 Å². The summed E-state index contributed by atoms with van der Waals surface area (Å²) < 4.78 is 36.5. The molecule has 8 heteroatoms. The average molecular weight is 435 g/mol. The second-order valence-corrected chi connectivity index (χ2v) is 7.06. The molecule has 1 aliphatic heterocycles. The van der Waals surface area contributed by atoms with Crippen molar-refractivity contribution in [2.24, 2.45) is 0 Å². The molecule has 3 aromatic carbocycles. The Balaban J connectivity index is 1.60. The molecule has 1 atom stereocenters. The van der Waals surface area contributed by atoms with Crippen LogP contribution in [-0.2, 0) is 11.4 Å². The van der Waals surface area contributed by atoms with E-state index in [4.69, 9.17) is 18.9 Å². The summed E-state index contributed by atoms with van der Waals surface area (Å²) >= 11 is 0. The molecule has 0 fully saturated rings. The van der Waals surface area contributed by atoms with Gasteiger partial charge in [0.05, 0.1) is 0 Å². The number of carboxylic acids is 1. The Bertz CT molecular complexity index is 1220. The number of hydrogen-bond acceptors (Lipinski definition) is 6. The van der Waals surface area contributed by atoms with Gasteiger partial charge in [-0.05, 0) is 30.2 Å². The van der Waals surface area contributed by atoms with Crippen molar-refractivity contribution in [3.8, 4) is 29.1 Å². The van der Waals surface area contributed by atoms with Crippen LogP contribution in [0.5, 0.6) is 23.0 Å². The SMILES string of the molecule is Cc1ccccc1[C@H](Oc1cc(OCc2ccc3c(c2)OCO3)cc(F)c1C#N)C(=O)O. The summed E-state index contributed by atoms with van der Waals surface area (Å²) in [5.74, 6) is -1.06. The van der Waals surface area contributed by atoms with Crippen LogP contribution in [0.15, 0.2) is 54.6 Å². The molecule has 162 valence electrons. The van der Waals surface area contributed by atoms with E-state index in [0.29, 0.717) is 22.6 Å². The first kappa shape index (κ1) is 21.0. The molecule has 32 heavy (non-hydrogen) atoms. The van der Waals surface area contributed by atoms with Crippen LogP contribution in [0.3, 0.4) is 0 Å². The lowest BCUT2D eigenvalue weighted by atomic mass is 10.0. The van der Waals surface area contributed by atoms with Crippen molar-refractivity contribution in [3.63, 3.8) is 0 Å². The van der Waals surface area contributed by atoms with E-state index in [1.54, 1.807) is 55.5 Å². The van der Waals surface area contributed by atoms with Gasteiger partial charge in [-0.15, -0.1) is 0 Å². The van der Waals surface area contributed by atoms with E-state index >= 15 is 0 Å². The number of ether oxygens (including phenoxy) is 4. The molecule has 3 aromatic rings. The third kappa shape index (κ3) is 4.27. The number of fused-ring (bicyclic) bond motifs is 1. The Labute approximate surface area is 183 Å². The van der Waals surface area contributed by atoms with E-state index in [0.717, 1.165) is 11.6 Å². The van der Waals surface area contributed by atoms with Gasteiger partial charge in [-0.1, -0.05) is 30.3 Å². The summed E-state index contributed by atoms with van der Waals surface area (Å²) in [6, 6.07) is 16.2. The summed E-state index contributed by atoms with van der Waals surface area (Å²) in [6.07, 6.45) is -1.42. The second kappa shape index (κ2) is 8.86. The molecule has 0 unspecified atom stereocenters. The van der Waals surface area contributed by atoms with Crippen molar-refractivity contribution >= 4 is 5.97 Å². The zero-order chi connectivity index (χ0) is 22.7.